The van der Waals surface area contributed by atoms with E-state index in [1.165, 1.54) is 0 Å². The zero-order valence-electron chi connectivity index (χ0n) is 13.6. The van der Waals surface area contributed by atoms with Crippen molar-refractivity contribution in [1.82, 2.24) is 5.32 Å². The lowest BCUT2D eigenvalue weighted by Crippen LogP contribution is -2.33. The van der Waals surface area contributed by atoms with Gasteiger partial charge in [-0.1, -0.05) is 18.2 Å². The van der Waals surface area contributed by atoms with Gasteiger partial charge in [-0.3, -0.25) is 0 Å². The van der Waals surface area contributed by atoms with Crippen molar-refractivity contribution >= 4 is 9.84 Å². The van der Waals surface area contributed by atoms with Crippen molar-refractivity contribution in [1.29, 1.82) is 0 Å². The van der Waals surface area contributed by atoms with E-state index in [4.69, 9.17) is 0 Å². The SMILES string of the molecule is CC(C)S(=O)(=O)c1ccc(C2NCC(O)c3cc(O)ccc32)cc1. The first-order valence-electron chi connectivity index (χ1n) is 7.89. The standard InChI is InChI=1S/C18H21NO4S/c1-11(2)24(22,23)14-6-3-12(4-7-14)18-15-8-5-13(20)9-16(15)17(21)10-19-18/h3-9,11,17-21H,10H2,1-2H3. The van der Waals surface area contributed by atoms with E-state index in [1.807, 2.05) is 0 Å². The highest BCUT2D eigenvalue weighted by molar-refractivity contribution is 7.92. The van der Waals surface area contributed by atoms with Gasteiger partial charge in [0.25, 0.3) is 0 Å². The van der Waals surface area contributed by atoms with E-state index in [1.54, 1.807) is 56.3 Å². The number of hydrogen-bond donors (Lipinski definition) is 3. The van der Waals surface area contributed by atoms with Crippen LogP contribution in [0, 0.1) is 0 Å². The van der Waals surface area contributed by atoms with Gasteiger partial charge >= 0.3 is 0 Å². The number of fused-ring (bicyclic) bond motifs is 1. The summed E-state index contributed by atoms with van der Waals surface area (Å²) in [5.41, 5.74) is 2.49. The van der Waals surface area contributed by atoms with Crippen LogP contribution in [-0.2, 0) is 9.84 Å². The van der Waals surface area contributed by atoms with Gasteiger partial charge in [0.1, 0.15) is 5.75 Å². The van der Waals surface area contributed by atoms with Crippen LogP contribution in [0.15, 0.2) is 47.4 Å². The molecule has 1 aliphatic rings. The van der Waals surface area contributed by atoms with Gasteiger partial charge in [0.05, 0.1) is 22.3 Å². The summed E-state index contributed by atoms with van der Waals surface area (Å²) in [6.45, 7) is 3.69. The average molecular weight is 347 g/mol. The molecule has 6 heteroatoms. The maximum atomic E-state index is 12.2. The van der Waals surface area contributed by atoms with Crippen LogP contribution < -0.4 is 5.32 Å². The highest BCUT2D eigenvalue weighted by Crippen LogP contribution is 2.35. The number of phenols is 1. The second-order valence-corrected chi connectivity index (χ2v) is 8.84. The zero-order valence-corrected chi connectivity index (χ0v) is 14.4. The number of aliphatic hydroxyl groups excluding tert-OH is 1. The molecule has 3 rings (SSSR count). The summed E-state index contributed by atoms with van der Waals surface area (Å²) in [7, 11) is -3.29. The van der Waals surface area contributed by atoms with Crippen LogP contribution in [0.3, 0.4) is 0 Å². The topological polar surface area (TPSA) is 86.6 Å². The van der Waals surface area contributed by atoms with Crippen molar-refractivity contribution in [2.75, 3.05) is 6.54 Å². The van der Waals surface area contributed by atoms with Crippen molar-refractivity contribution < 1.29 is 18.6 Å². The number of benzene rings is 2. The maximum Gasteiger partial charge on any atom is 0.180 e. The molecule has 0 bridgehead atoms. The number of sulfone groups is 1. The molecule has 0 saturated carbocycles. The van der Waals surface area contributed by atoms with Gasteiger partial charge in [0, 0.05) is 6.54 Å². The third-order valence-electron chi connectivity index (χ3n) is 4.42. The molecule has 0 saturated heterocycles. The summed E-state index contributed by atoms with van der Waals surface area (Å²) in [4.78, 5) is 0.308. The fraction of sp³-hybridized carbons (Fsp3) is 0.333. The number of β-amino-alcohol motifs (C(OH)–C–C–N with tert-alkyl or cyclic N) is 1. The zero-order chi connectivity index (χ0) is 17.5. The van der Waals surface area contributed by atoms with Crippen LogP contribution in [-0.4, -0.2) is 30.4 Å². The molecular formula is C18H21NO4S. The molecule has 0 fully saturated rings. The van der Waals surface area contributed by atoms with Crippen molar-refractivity contribution in [2.24, 2.45) is 0 Å². The minimum absolute atomic E-state index is 0.117. The Hall–Kier alpha value is -1.89. The molecule has 0 aliphatic carbocycles. The first-order chi connectivity index (χ1) is 11.3. The number of rotatable bonds is 3. The number of aliphatic hydroxyl groups is 1. The summed E-state index contributed by atoms with van der Waals surface area (Å²) < 4.78 is 24.4. The molecule has 0 amide bonds. The lowest BCUT2D eigenvalue weighted by atomic mass is 9.88. The summed E-state index contributed by atoms with van der Waals surface area (Å²) in [5.74, 6) is 0.117. The van der Waals surface area contributed by atoms with E-state index >= 15 is 0 Å². The van der Waals surface area contributed by atoms with Gasteiger partial charge in [-0.2, -0.15) is 0 Å². The molecule has 2 unspecified atom stereocenters. The molecule has 1 aliphatic heterocycles. The van der Waals surface area contributed by atoms with Gasteiger partial charge in [-0.05, 0) is 54.8 Å². The van der Waals surface area contributed by atoms with Gasteiger partial charge < -0.3 is 15.5 Å². The second-order valence-electron chi connectivity index (χ2n) is 6.33. The molecule has 3 N–H and O–H groups in total. The van der Waals surface area contributed by atoms with Crippen LogP contribution in [0.5, 0.6) is 5.75 Å². The number of hydrogen-bond acceptors (Lipinski definition) is 5. The van der Waals surface area contributed by atoms with Crippen LogP contribution in [0.1, 0.15) is 42.7 Å². The number of aromatic hydroxyl groups is 1. The van der Waals surface area contributed by atoms with E-state index in [-0.39, 0.29) is 11.8 Å². The van der Waals surface area contributed by atoms with Crippen LogP contribution >= 0.6 is 0 Å². The number of nitrogens with one attached hydrogen (secondary N) is 1. The summed E-state index contributed by atoms with van der Waals surface area (Å²) in [6.07, 6.45) is -0.677. The van der Waals surface area contributed by atoms with Crippen LogP contribution in [0.25, 0.3) is 0 Å². The lowest BCUT2D eigenvalue weighted by Gasteiger charge is -2.30. The third kappa shape index (κ3) is 2.92. The predicted octanol–water partition coefficient (Wildman–Crippen LogP) is 2.30. The molecule has 128 valence electrons. The average Bonchev–Trinajstić information content (AvgIpc) is 2.55. The first kappa shape index (κ1) is 17.0. The smallest absolute Gasteiger partial charge is 0.180 e. The third-order valence-corrected chi connectivity index (χ3v) is 6.59. The second kappa shape index (κ2) is 6.20. The Morgan fingerprint density at radius 1 is 1.08 bits per heavy atom. The summed E-state index contributed by atoms with van der Waals surface area (Å²) in [5, 5.41) is 22.5. The largest absolute Gasteiger partial charge is 0.508 e. The molecule has 0 spiro atoms. The molecule has 5 nitrogen and oxygen atoms in total. The monoisotopic (exact) mass is 347 g/mol. The van der Waals surface area contributed by atoms with Crippen molar-refractivity contribution in [3.05, 3.63) is 59.2 Å². The van der Waals surface area contributed by atoms with Crippen molar-refractivity contribution in [3.8, 4) is 5.75 Å². The normalized spacial score (nSPS) is 20.8. The van der Waals surface area contributed by atoms with Gasteiger partial charge in [0.15, 0.2) is 9.84 Å². The Balaban J connectivity index is 1.98. The summed E-state index contributed by atoms with van der Waals surface area (Å²) >= 11 is 0. The molecule has 24 heavy (non-hydrogen) atoms. The van der Waals surface area contributed by atoms with E-state index in [9.17, 15) is 18.6 Å². The van der Waals surface area contributed by atoms with Crippen LogP contribution in [0.4, 0.5) is 0 Å². The minimum Gasteiger partial charge on any atom is -0.508 e. The highest BCUT2D eigenvalue weighted by Gasteiger charge is 2.27. The van der Waals surface area contributed by atoms with Crippen LogP contribution in [0.2, 0.25) is 0 Å². The van der Waals surface area contributed by atoms with Gasteiger partial charge in [-0.25, -0.2) is 8.42 Å². The quantitative estimate of drug-likeness (QED) is 0.793. The number of phenolic OH excluding ortho intramolecular Hbond substituents is 1. The molecule has 2 atom stereocenters. The molecule has 2 aromatic carbocycles. The van der Waals surface area contributed by atoms with Crippen molar-refractivity contribution in [2.45, 2.75) is 36.1 Å². The Labute approximate surface area is 141 Å². The van der Waals surface area contributed by atoms with Gasteiger partial charge in [-0.15, -0.1) is 0 Å². The molecule has 2 aromatic rings. The van der Waals surface area contributed by atoms with Crippen molar-refractivity contribution in [3.63, 3.8) is 0 Å². The van der Waals surface area contributed by atoms with E-state index in [0.717, 1.165) is 11.1 Å². The first-order valence-corrected chi connectivity index (χ1v) is 9.43. The maximum absolute atomic E-state index is 12.2. The Kier molecular flexibility index (Phi) is 4.38. The molecule has 0 aromatic heterocycles. The molecule has 0 radical (unpaired) electrons. The lowest BCUT2D eigenvalue weighted by molar-refractivity contribution is 0.160. The molecular weight excluding hydrogens is 326 g/mol. The Morgan fingerprint density at radius 2 is 1.75 bits per heavy atom. The molecule has 1 heterocycles. The fourth-order valence-corrected chi connectivity index (χ4v) is 4.04. The predicted molar refractivity (Wildman–Crippen MR) is 91.7 cm³/mol. The Morgan fingerprint density at radius 3 is 2.38 bits per heavy atom. The summed E-state index contributed by atoms with van der Waals surface area (Å²) in [6, 6.07) is 11.6. The minimum atomic E-state index is -3.29. The van der Waals surface area contributed by atoms with E-state index in [2.05, 4.69) is 5.32 Å². The fourth-order valence-electron chi connectivity index (χ4n) is 2.98. The highest BCUT2D eigenvalue weighted by atomic mass is 32.2. The Bertz CT molecular complexity index is 844. The van der Waals surface area contributed by atoms with Gasteiger partial charge in [0.2, 0.25) is 0 Å². The van der Waals surface area contributed by atoms with E-state index in [0.29, 0.717) is 17.0 Å². The van der Waals surface area contributed by atoms with E-state index < -0.39 is 21.2 Å².